The predicted molar refractivity (Wildman–Crippen MR) is 69.1 cm³/mol. The monoisotopic (exact) mass is 248 g/mol. The fourth-order valence-corrected chi connectivity index (χ4v) is 3.41. The third kappa shape index (κ3) is 1.82. The lowest BCUT2D eigenvalue weighted by molar-refractivity contribution is -0.128. The molecule has 1 aliphatic heterocycles. The van der Waals surface area contributed by atoms with Gasteiger partial charge >= 0.3 is 0 Å². The van der Waals surface area contributed by atoms with Crippen molar-refractivity contribution in [1.82, 2.24) is 15.1 Å². The molecule has 0 spiro atoms. The van der Waals surface area contributed by atoms with Gasteiger partial charge in [-0.25, -0.2) is 0 Å². The maximum absolute atomic E-state index is 12.6. The lowest BCUT2D eigenvalue weighted by Crippen LogP contribution is -2.44. The quantitative estimate of drug-likeness (QED) is 0.825. The van der Waals surface area contributed by atoms with E-state index in [1.807, 2.05) is 19.3 Å². The van der Waals surface area contributed by atoms with Crippen LogP contribution in [0.25, 0.3) is 0 Å². The summed E-state index contributed by atoms with van der Waals surface area (Å²) in [4.78, 5) is 12.6. The maximum Gasteiger partial charge on any atom is 0.233 e. The number of carbonyl (C=O) groups excluding carboxylic acids is 1. The van der Waals surface area contributed by atoms with Crippen molar-refractivity contribution < 1.29 is 4.79 Å². The highest BCUT2D eigenvalue weighted by molar-refractivity contribution is 5.95. The Labute approximate surface area is 107 Å². The summed E-state index contributed by atoms with van der Waals surface area (Å²) >= 11 is 0. The molecule has 2 heterocycles. The van der Waals surface area contributed by atoms with Crippen molar-refractivity contribution in [2.24, 2.45) is 18.4 Å². The number of aromatic nitrogens is 2. The summed E-state index contributed by atoms with van der Waals surface area (Å²) in [7, 11) is 1.86. The van der Waals surface area contributed by atoms with E-state index in [1.54, 1.807) is 4.68 Å². The summed E-state index contributed by atoms with van der Waals surface area (Å²) in [5.74, 6) is 1.30. The van der Waals surface area contributed by atoms with Crippen LogP contribution in [0.4, 0.5) is 5.82 Å². The number of hydrogen-bond acceptors (Lipinski definition) is 3. The van der Waals surface area contributed by atoms with Gasteiger partial charge in [-0.3, -0.25) is 9.48 Å². The van der Waals surface area contributed by atoms with Gasteiger partial charge in [0.05, 0.1) is 5.41 Å². The molecular weight excluding hydrogens is 228 g/mol. The van der Waals surface area contributed by atoms with Crippen molar-refractivity contribution in [2.75, 3.05) is 18.4 Å². The van der Waals surface area contributed by atoms with Crippen molar-refractivity contribution >= 4 is 11.7 Å². The molecule has 5 nitrogen and oxygen atoms in total. The SMILES string of the molecule is Cn1ccc(NC(=O)[C@@]23CCCC[C@H]2CNC3)n1. The number of amides is 1. The molecule has 0 radical (unpaired) electrons. The van der Waals surface area contributed by atoms with Crippen LogP contribution in [0.15, 0.2) is 12.3 Å². The second-order valence-corrected chi connectivity index (χ2v) is 5.56. The first kappa shape index (κ1) is 11.7. The zero-order valence-electron chi connectivity index (χ0n) is 10.8. The Morgan fingerprint density at radius 3 is 3.28 bits per heavy atom. The van der Waals surface area contributed by atoms with E-state index in [2.05, 4.69) is 15.7 Å². The van der Waals surface area contributed by atoms with E-state index in [0.29, 0.717) is 11.7 Å². The van der Waals surface area contributed by atoms with Crippen LogP contribution in [0.2, 0.25) is 0 Å². The summed E-state index contributed by atoms with van der Waals surface area (Å²) < 4.78 is 1.71. The van der Waals surface area contributed by atoms with Crippen LogP contribution in [0.3, 0.4) is 0 Å². The van der Waals surface area contributed by atoms with Gasteiger partial charge in [-0.1, -0.05) is 12.8 Å². The zero-order chi connectivity index (χ0) is 12.6. The number of nitrogens with zero attached hydrogens (tertiary/aromatic N) is 2. The van der Waals surface area contributed by atoms with E-state index < -0.39 is 0 Å². The van der Waals surface area contributed by atoms with Crippen LogP contribution < -0.4 is 10.6 Å². The Hall–Kier alpha value is -1.36. The molecule has 18 heavy (non-hydrogen) atoms. The van der Waals surface area contributed by atoms with Gasteiger partial charge in [0.1, 0.15) is 0 Å². The van der Waals surface area contributed by atoms with Crippen LogP contribution in [0.1, 0.15) is 25.7 Å². The summed E-state index contributed by atoms with van der Waals surface area (Å²) in [5.41, 5.74) is -0.199. The summed E-state index contributed by atoms with van der Waals surface area (Å²) in [6.07, 6.45) is 6.43. The number of fused-ring (bicyclic) bond motifs is 1. The first-order chi connectivity index (χ1) is 8.71. The normalized spacial score (nSPS) is 31.1. The molecular formula is C13H20N4O. The van der Waals surface area contributed by atoms with Crippen LogP contribution >= 0.6 is 0 Å². The van der Waals surface area contributed by atoms with Crippen molar-refractivity contribution in [2.45, 2.75) is 25.7 Å². The molecule has 2 aliphatic rings. The fourth-order valence-electron chi connectivity index (χ4n) is 3.41. The molecule has 2 N–H and O–H groups in total. The average molecular weight is 248 g/mol. The third-order valence-electron chi connectivity index (χ3n) is 4.45. The van der Waals surface area contributed by atoms with E-state index in [0.717, 1.165) is 25.9 Å². The average Bonchev–Trinajstić information content (AvgIpc) is 2.96. The summed E-state index contributed by atoms with van der Waals surface area (Å²) in [6.45, 7) is 1.80. The first-order valence-corrected chi connectivity index (χ1v) is 6.72. The molecule has 98 valence electrons. The molecule has 1 saturated heterocycles. The molecule has 1 saturated carbocycles. The number of nitrogens with one attached hydrogen (secondary N) is 2. The lowest BCUT2D eigenvalue weighted by Gasteiger charge is -2.36. The first-order valence-electron chi connectivity index (χ1n) is 6.72. The summed E-state index contributed by atoms with van der Waals surface area (Å²) in [6, 6.07) is 1.84. The Morgan fingerprint density at radius 1 is 1.61 bits per heavy atom. The van der Waals surface area contributed by atoms with E-state index >= 15 is 0 Å². The van der Waals surface area contributed by atoms with Crippen LogP contribution in [-0.4, -0.2) is 28.8 Å². The van der Waals surface area contributed by atoms with Crippen molar-refractivity contribution in [1.29, 1.82) is 0 Å². The Morgan fingerprint density at radius 2 is 2.50 bits per heavy atom. The molecule has 0 bridgehead atoms. The highest BCUT2D eigenvalue weighted by atomic mass is 16.2. The summed E-state index contributed by atoms with van der Waals surface area (Å²) in [5, 5.41) is 10.6. The van der Waals surface area contributed by atoms with Gasteiger partial charge in [0.25, 0.3) is 0 Å². The van der Waals surface area contributed by atoms with Gasteiger partial charge < -0.3 is 10.6 Å². The molecule has 1 aliphatic carbocycles. The molecule has 2 atom stereocenters. The zero-order valence-corrected chi connectivity index (χ0v) is 10.8. The molecule has 3 rings (SSSR count). The molecule has 1 aromatic heterocycles. The van der Waals surface area contributed by atoms with E-state index in [4.69, 9.17) is 0 Å². The minimum absolute atomic E-state index is 0.149. The number of aryl methyl sites for hydroxylation is 1. The molecule has 1 amide bonds. The topological polar surface area (TPSA) is 59.0 Å². The molecule has 5 heteroatoms. The van der Waals surface area contributed by atoms with Crippen molar-refractivity contribution in [3.8, 4) is 0 Å². The minimum Gasteiger partial charge on any atom is -0.315 e. The molecule has 0 unspecified atom stereocenters. The Kier molecular flexibility index (Phi) is 2.86. The molecule has 1 aromatic rings. The van der Waals surface area contributed by atoms with Gasteiger partial charge in [-0.05, 0) is 25.3 Å². The highest BCUT2D eigenvalue weighted by Gasteiger charge is 2.49. The van der Waals surface area contributed by atoms with E-state index in [1.165, 1.54) is 12.8 Å². The van der Waals surface area contributed by atoms with Gasteiger partial charge in [-0.2, -0.15) is 5.10 Å². The van der Waals surface area contributed by atoms with Gasteiger partial charge in [0.15, 0.2) is 5.82 Å². The number of carbonyl (C=O) groups is 1. The Bertz CT molecular complexity index is 456. The minimum atomic E-state index is -0.199. The van der Waals surface area contributed by atoms with Gasteiger partial charge in [0.2, 0.25) is 5.91 Å². The van der Waals surface area contributed by atoms with Crippen LogP contribution in [0, 0.1) is 11.3 Å². The van der Waals surface area contributed by atoms with E-state index in [9.17, 15) is 4.79 Å². The van der Waals surface area contributed by atoms with E-state index in [-0.39, 0.29) is 11.3 Å². The molecule has 0 aromatic carbocycles. The molecule has 2 fully saturated rings. The van der Waals surface area contributed by atoms with Crippen molar-refractivity contribution in [3.63, 3.8) is 0 Å². The largest absolute Gasteiger partial charge is 0.315 e. The van der Waals surface area contributed by atoms with Crippen LogP contribution in [0.5, 0.6) is 0 Å². The highest BCUT2D eigenvalue weighted by Crippen LogP contribution is 2.44. The van der Waals surface area contributed by atoms with Crippen molar-refractivity contribution in [3.05, 3.63) is 12.3 Å². The lowest BCUT2D eigenvalue weighted by atomic mass is 9.67. The van der Waals surface area contributed by atoms with Crippen LogP contribution in [-0.2, 0) is 11.8 Å². The fraction of sp³-hybridized carbons (Fsp3) is 0.692. The number of rotatable bonds is 2. The maximum atomic E-state index is 12.6. The Balaban J connectivity index is 1.78. The standard InChI is InChI=1S/C13H20N4O/c1-17-7-5-11(16-17)15-12(18)13-6-3-2-4-10(13)8-14-9-13/h5,7,10,14H,2-4,6,8-9H2,1H3,(H,15,16,18)/t10-,13+/m0/s1. The van der Waals surface area contributed by atoms with Gasteiger partial charge in [-0.15, -0.1) is 0 Å². The number of hydrogen-bond donors (Lipinski definition) is 2. The third-order valence-corrected chi connectivity index (χ3v) is 4.45. The van der Waals surface area contributed by atoms with Gasteiger partial charge in [0, 0.05) is 25.9 Å². The smallest absolute Gasteiger partial charge is 0.233 e. The second-order valence-electron chi connectivity index (χ2n) is 5.56. The predicted octanol–water partition coefficient (Wildman–Crippen LogP) is 1.14. The number of anilines is 1. The second kappa shape index (κ2) is 4.39.